The first-order valence-electron chi connectivity index (χ1n) is 8.07. The van der Waals surface area contributed by atoms with Gasteiger partial charge >= 0.3 is 5.97 Å². The van der Waals surface area contributed by atoms with E-state index in [0.717, 1.165) is 30.9 Å². The summed E-state index contributed by atoms with van der Waals surface area (Å²) < 4.78 is 2.14. The first-order valence-corrected chi connectivity index (χ1v) is 8.07. The number of carboxylic acid groups (broad SMARTS) is 1. The van der Waals surface area contributed by atoms with E-state index in [1.807, 2.05) is 19.1 Å². The van der Waals surface area contributed by atoms with Crippen LogP contribution in [0.4, 0.5) is 0 Å². The van der Waals surface area contributed by atoms with Crippen molar-refractivity contribution < 1.29 is 9.90 Å². The molecule has 1 aliphatic rings. The van der Waals surface area contributed by atoms with Crippen molar-refractivity contribution >= 4 is 5.97 Å². The van der Waals surface area contributed by atoms with Gasteiger partial charge in [0.15, 0.2) is 0 Å². The van der Waals surface area contributed by atoms with E-state index in [4.69, 9.17) is 5.11 Å². The third-order valence-corrected chi connectivity index (χ3v) is 4.51. The maximum Gasteiger partial charge on any atom is 0.335 e. The van der Waals surface area contributed by atoms with Crippen molar-refractivity contribution in [2.45, 2.75) is 32.2 Å². The molecule has 3 rings (SSSR count). The molecule has 1 fully saturated rings. The van der Waals surface area contributed by atoms with Gasteiger partial charge in [-0.3, -0.25) is 4.90 Å². The maximum atomic E-state index is 10.9. The highest BCUT2D eigenvalue weighted by Crippen LogP contribution is 2.27. The second-order valence-corrected chi connectivity index (χ2v) is 6.43. The normalized spacial score (nSPS) is 19.0. The van der Waals surface area contributed by atoms with Crippen LogP contribution in [0.15, 0.2) is 30.5 Å². The molecule has 1 aromatic heterocycles. The third kappa shape index (κ3) is 3.62. The van der Waals surface area contributed by atoms with Gasteiger partial charge in [-0.2, -0.15) is 0 Å². The first kappa shape index (κ1) is 15.7. The number of aryl methyl sites for hydroxylation is 2. The van der Waals surface area contributed by atoms with Gasteiger partial charge < -0.3 is 9.67 Å². The summed E-state index contributed by atoms with van der Waals surface area (Å²) in [7, 11) is 2.07. The molecule has 2 heterocycles. The monoisotopic (exact) mass is 313 g/mol. The lowest BCUT2D eigenvalue weighted by Crippen LogP contribution is -2.34. The molecule has 5 nitrogen and oxygen atoms in total. The Kier molecular flexibility index (Phi) is 4.48. The molecule has 0 spiro atoms. The van der Waals surface area contributed by atoms with Crippen molar-refractivity contribution in [2.24, 2.45) is 7.05 Å². The Morgan fingerprint density at radius 1 is 1.35 bits per heavy atom. The topological polar surface area (TPSA) is 58.4 Å². The minimum Gasteiger partial charge on any atom is -0.478 e. The fraction of sp³-hybridized carbons (Fsp3) is 0.444. The molecule has 1 unspecified atom stereocenters. The van der Waals surface area contributed by atoms with Gasteiger partial charge in [-0.25, -0.2) is 9.78 Å². The number of nitrogens with zero attached hydrogens (tertiary/aromatic N) is 3. The summed E-state index contributed by atoms with van der Waals surface area (Å²) in [4.78, 5) is 18.0. The number of carbonyl (C=O) groups is 1. The van der Waals surface area contributed by atoms with Crippen LogP contribution in [0.5, 0.6) is 0 Å². The van der Waals surface area contributed by atoms with Crippen molar-refractivity contribution in [1.29, 1.82) is 0 Å². The number of hydrogen-bond donors (Lipinski definition) is 1. The molecule has 5 heteroatoms. The van der Waals surface area contributed by atoms with Gasteiger partial charge in [-0.05, 0) is 44.0 Å². The van der Waals surface area contributed by atoms with Crippen LogP contribution in [-0.4, -0.2) is 38.6 Å². The number of aromatic nitrogens is 2. The SMILES string of the molecule is Cc1cn(C)c(C2CCCN(Cc3ccc(C(=O)O)cc3)C2)n1. The van der Waals surface area contributed by atoms with Gasteiger partial charge in [0.25, 0.3) is 0 Å². The number of aromatic carboxylic acids is 1. The fourth-order valence-electron chi connectivity index (χ4n) is 3.43. The van der Waals surface area contributed by atoms with Gasteiger partial charge in [-0.1, -0.05) is 12.1 Å². The number of imidazole rings is 1. The Morgan fingerprint density at radius 3 is 2.70 bits per heavy atom. The molecule has 0 radical (unpaired) electrons. The second kappa shape index (κ2) is 6.54. The molecule has 2 aromatic rings. The zero-order valence-electron chi connectivity index (χ0n) is 13.7. The predicted molar refractivity (Wildman–Crippen MR) is 88.6 cm³/mol. The average molecular weight is 313 g/mol. The second-order valence-electron chi connectivity index (χ2n) is 6.43. The highest BCUT2D eigenvalue weighted by molar-refractivity contribution is 5.87. The van der Waals surface area contributed by atoms with Crippen LogP contribution in [-0.2, 0) is 13.6 Å². The van der Waals surface area contributed by atoms with Crippen molar-refractivity contribution in [2.75, 3.05) is 13.1 Å². The number of rotatable bonds is 4. The Morgan fingerprint density at radius 2 is 2.09 bits per heavy atom. The van der Waals surface area contributed by atoms with E-state index >= 15 is 0 Å². The lowest BCUT2D eigenvalue weighted by Gasteiger charge is -2.32. The largest absolute Gasteiger partial charge is 0.478 e. The van der Waals surface area contributed by atoms with Crippen LogP contribution in [0.3, 0.4) is 0 Å². The van der Waals surface area contributed by atoms with Crippen LogP contribution >= 0.6 is 0 Å². The molecular weight excluding hydrogens is 290 g/mol. The number of carboxylic acids is 1. The van der Waals surface area contributed by atoms with Crippen LogP contribution in [0.25, 0.3) is 0 Å². The van der Waals surface area contributed by atoms with E-state index in [-0.39, 0.29) is 0 Å². The van der Waals surface area contributed by atoms with Crippen molar-refractivity contribution in [3.05, 3.63) is 53.1 Å². The Balaban J connectivity index is 1.66. The molecule has 0 bridgehead atoms. The standard InChI is InChI=1S/C18H23N3O2/c1-13-10-20(2)17(19-13)16-4-3-9-21(12-16)11-14-5-7-15(8-6-14)18(22)23/h5-8,10,16H,3-4,9,11-12H2,1-2H3,(H,22,23). The van der Waals surface area contributed by atoms with Crippen molar-refractivity contribution in [3.8, 4) is 0 Å². The first-order chi connectivity index (χ1) is 11.0. The van der Waals surface area contributed by atoms with Gasteiger partial charge in [0.05, 0.1) is 11.3 Å². The summed E-state index contributed by atoms with van der Waals surface area (Å²) in [6.07, 6.45) is 4.43. The Labute approximate surface area is 136 Å². The third-order valence-electron chi connectivity index (χ3n) is 4.51. The Bertz CT molecular complexity index is 691. The van der Waals surface area contributed by atoms with Crippen LogP contribution < -0.4 is 0 Å². The van der Waals surface area contributed by atoms with E-state index in [1.54, 1.807) is 12.1 Å². The number of likely N-dealkylation sites (tertiary alicyclic amines) is 1. The summed E-state index contributed by atoms with van der Waals surface area (Å²) in [6.45, 7) is 4.99. The molecule has 0 saturated carbocycles. The quantitative estimate of drug-likeness (QED) is 0.943. The molecule has 1 atom stereocenters. The zero-order valence-corrected chi connectivity index (χ0v) is 13.7. The molecule has 1 N–H and O–H groups in total. The van der Waals surface area contributed by atoms with E-state index < -0.39 is 5.97 Å². The molecule has 122 valence electrons. The highest BCUT2D eigenvalue weighted by atomic mass is 16.4. The molecule has 0 aliphatic carbocycles. The van der Waals surface area contributed by atoms with Gasteiger partial charge in [0.2, 0.25) is 0 Å². The molecule has 1 aliphatic heterocycles. The fourth-order valence-corrected chi connectivity index (χ4v) is 3.43. The molecule has 1 saturated heterocycles. The molecule has 23 heavy (non-hydrogen) atoms. The average Bonchev–Trinajstić information content (AvgIpc) is 2.87. The molecule has 1 aromatic carbocycles. The minimum atomic E-state index is -0.875. The van der Waals surface area contributed by atoms with Gasteiger partial charge in [0.1, 0.15) is 5.82 Å². The zero-order chi connectivity index (χ0) is 16.4. The highest BCUT2D eigenvalue weighted by Gasteiger charge is 2.24. The summed E-state index contributed by atoms with van der Waals surface area (Å²) in [5.41, 5.74) is 2.57. The number of piperidine rings is 1. The van der Waals surface area contributed by atoms with Crippen LogP contribution in [0.2, 0.25) is 0 Å². The smallest absolute Gasteiger partial charge is 0.335 e. The van der Waals surface area contributed by atoms with E-state index in [2.05, 4.69) is 27.7 Å². The molecular formula is C18H23N3O2. The summed E-state index contributed by atoms with van der Waals surface area (Å²) >= 11 is 0. The van der Waals surface area contributed by atoms with E-state index in [1.165, 1.54) is 18.7 Å². The van der Waals surface area contributed by atoms with Gasteiger partial charge in [0, 0.05) is 32.3 Å². The van der Waals surface area contributed by atoms with E-state index in [9.17, 15) is 4.79 Å². The minimum absolute atomic E-state index is 0.341. The van der Waals surface area contributed by atoms with Crippen molar-refractivity contribution in [3.63, 3.8) is 0 Å². The van der Waals surface area contributed by atoms with Crippen molar-refractivity contribution in [1.82, 2.24) is 14.5 Å². The Hall–Kier alpha value is -2.14. The number of hydrogen-bond acceptors (Lipinski definition) is 3. The van der Waals surface area contributed by atoms with E-state index in [0.29, 0.717) is 11.5 Å². The summed E-state index contributed by atoms with van der Waals surface area (Å²) in [6, 6.07) is 7.19. The lowest BCUT2D eigenvalue weighted by atomic mass is 9.96. The van der Waals surface area contributed by atoms with Crippen LogP contribution in [0, 0.1) is 6.92 Å². The summed E-state index contributed by atoms with van der Waals surface area (Å²) in [5, 5.41) is 8.97. The summed E-state index contributed by atoms with van der Waals surface area (Å²) in [5.74, 6) is 0.772. The maximum absolute atomic E-state index is 10.9. The van der Waals surface area contributed by atoms with Gasteiger partial charge in [-0.15, -0.1) is 0 Å². The lowest BCUT2D eigenvalue weighted by molar-refractivity contribution is 0.0697. The van der Waals surface area contributed by atoms with Crippen LogP contribution in [0.1, 0.15) is 46.2 Å². The number of benzene rings is 1. The predicted octanol–water partition coefficient (Wildman–Crippen LogP) is 2.81. The molecule has 0 amide bonds.